The van der Waals surface area contributed by atoms with Gasteiger partial charge in [-0.05, 0) is 30.3 Å². The SMILES string of the molecule is OCc1nnn(-c2cccc(Cl)c2)c1-c1cccnc1. The third-order valence-electron chi connectivity index (χ3n) is 2.88. The van der Waals surface area contributed by atoms with Gasteiger partial charge in [0.2, 0.25) is 0 Å². The fourth-order valence-electron chi connectivity index (χ4n) is 2.00. The lowest BCUT2D eigenvalue weighted by molar-refractivity contribution is 0.277. The second-order valence-corrected chi connectivity index (χ2v) is 4.61. The van der Waals surface area contributed by atoms with Crippen LogP contribution in [0.3, 0.4) is 0 Å². The van der Waals surface area contributed by atoms with Crippen molar-refractivity contribution in [1.82, 2.24) is 20.0 Å². The average Bonchev–Trinajstić information content (AvgIpc) is 2.92. The molecule has 3 rings (SSSR count). The molecule has 3 aromatic rings. The van der Waals surface area contributed by atoms with E-state index in [0.29, 0.717) is 16.4 Å². The minimum absolute atomic E-state index is 0.190. The van der Waals surface area contributed by atoms with Gasteiger partial charge in [0.15, 0.2) is 0 Å². The fourth-order valence-corrected chi connectivity index (χ4v) is 2.18. The standard InChI is InChI=1S/C14H11ClN4O/c15-11-4-1-5-12(7-11)19-14(13(9-20)17-18-19)10-3-2-6-16-8-10/h1-8,20H,9H2. The predicted octanol–water partition coefficient (Wildman–Crippen LogP) is 2.47. The van der Waals surface area contributed by atoms with Crippen LogP contribution in [-0.4, -0.2) is 25.1 Å². The molecule has 2 aromatic heterocycles. The van der Waals surface area contributed by atoms with Crippen molar-refractivity contribution in [3.63, 3.8) is 0 Å². The van der Waals surface area contributed by atoms with E-state index in [2.05, 4.69) is 15.3 Å². The summed E-state index contributed by atoms with van der Waals surface area (Å²) >= 11 is 6.01. The van der Waals surface area contributed by atoms with Crippen molar-refractivity contribution in [2.45, 2.75) is 6.61 Å². The van der Waals surface area contributed by atoms with Crippen LogP contribution in [0.1, 0.15) is 5.69 Å². The molecule has 0 aliphatic rings. The molecule has 1 aromatic carbocycles. The summed E-state index contributed by atoms with van der Waals surface area (Å²) in [6.45, 7) is -0.190. The number of hydrogen-bond donors (Lipinski definition) is 1. The third kappa shape index (κ3) is 2.29. The van der Waals surface area contributed by atoms with Crippen molar-refractivity contribution in [1.29, 1.82) is 0 Å². The van der Waals surface area contributed by atoms with E-state index < -0.39 is 0 Å². The lowest BCUT2D eigenvalue weighted by atomic mass is 10.1. The highest BCUT2D eigenvalue weighted by Gasteiger charge is 2.15. The molecule has 0 aliphatic heterocycles. The molecule has 5 nitrogen and oxygen atoms in total. The summed E-state index contributed by atoms with van der Waals surface area (Å²) in [6.07, 6.45) is 3.40. The molecule has 0 aliphatic carbocycles. The first-order chi connectivity index (χ1) is 9.79. The number of nitrogens with zero attached hydrogens (tertiary/aromatic N) is 4. The molecular weight excluding hydrogens is 276 g/mol. The smallest absolute Gasteiger partial charge is 0.117 e. The van der Waals surface area contributed by atoms with Crippen LogP contribution < -0.4 is 0 Å². The monoisotopic (exact) mass is 286 g/mol. The van der Waals surface area contributed by atoms with Crippen LogP contribution in [0.25, 0.3) is 16.9 Å². The van der Waals surface area contributed by atoms with Gasteiger partial charge in [-0.25, -0.2) is 4.68 Å². The van der Waals surface area contributed by atoms with Crippen molar-refractivity contribution in [3.8, 4) is 16.9 Å². The van der Waals surface area contributed by atoms with Crippen molar-refractivity contribution in [2.24, 2.45) is 0 Å². The fraction of sp³-hybridized carbons (Fsp3) is 0.0714. The normalized spacial score (nSPS) is 10.7. The van der Waals surface area contributed by atoms with E-state index in [4.69, 9.17) is 11.6 Å². The Morgan fingerprint density at radius 2 is 2.10 bits per heavy atom. The summed E-state index contributed by atoms with van der Waals surface area (Å²) in [5, 5.41) is 18.1. The Hall–Kier alpha value is -2.24. The van der Waals surface area contributed by atoms with Gasteiger partial charge < -0.3 is 5.11 Å². The number of pyridine rings is 1. The number of aromatic nitrogens is 4. The summed E-state index contributed by atoms with van der Waals surface area (Å²) in [6, 6.07) is 11.0. The topological polar surface area (TPSA) is 63.8 Å². The Labute approximate surface area is 120 Å². The minimum Gasteiger partial charge on any atom is -0.390 e. The van der Waals surface area contributed by atoms with Gasteiger partial charge in [-0.3, -0.25) is 4.98 Å². The summed E-state index contributed by atoms with van der Waals surface area (Å²) in [5.74, 6) is 0. The molecule has 6 heteroatoms. The van der Waals surface area contributed by atoms with Crippen LogP contribution in [0.5, 0.6) is 0 Å². The molecule has 0 spiro atoms. The second-order valence-electron chi connectivity index (χ2n) is 4.18. The van der Waals surface area contributed by atoms with E-state index >= 15 is 0 Å². The number of benzene rings is 1. The van der Waals surface area contributed by atoms with Gasteiger partial charge in [0, 0.05) is 23.0 Å². The summed E-state index contributed by atoms with van der Waals surface area (Å²) in [7, 11) is 0. The zero-order chi connectivity index (χ0) is 13.9. The minimum atomic E-state index is -0.190. The van der Waals surface area contributed by atoms with Gasteiger partial charge in [-0.15, -0.1) is 5.10 Å². The molecule has 0 radical (unpaired) electrons. The average molecular weight is 287 g/mol. The summed E-state index contributed by atoms with van der Waals surface area (Å²) in [4.78, 5) is 4.09. The van der Waals surface area contributed by atoms with Gasteiger partial charge in [-0.2, -0.15) is 0 Å². The predicted molar refractivity (Wildman–Crippen MR) is 75.5 cm³/mol. The molecule has 0 atom stereocenters. The number of aliphatic hydroxyl groups is 1. The number of aliphatic hydroxyl groups excluding tert-OH is 1. The first-order valence-corrected chi connectivity index (χ1v) is 6.39. The molecule has 0 bridgehead atoms. The molecule has 1 N–H and O–H groups in total. The van der Waals surface area contributed by atoms with Crippen LogP contribution in [-0.2, 0) is 6.61 Å². The Kier molecular flexibility index (Phi) is 3.45. The third-order valence-corrected chi connectivity index (χ3v) is 3.11. The van der Waals surface area contributed by atoms with Gasteiger partial charge >= 0.3 is 0 Å². The maximum atomic E-state index is 9.43. The van der Waals surface area contributed by atoms with Gasteiger partial charge in [-0.1, -0.05) is 22.9 Å². The largest absolute Gasteiger partial charge is 0.390 e. The van der Waals surface area contributed by atoms with E-state index in [1.54, 1.807) is 29.2 Å². The number of halogens is 1. The number of rotatable bonds is 3. The lowest BCUT2D eigenvalue weighted by Crippen LogP contribution is -2.00. The zero-order valence-corrected chi connectivity index (χ0v) is 11.2. The molecule has 100 valence electrons. The highest BCUT2D eigenvalue weighted by Crippen LogP contribution is 2.25. The first-order valence-electron chi connectivity index (χ1n) is 6.01. The van der Waals surface area contributed by atoms with E-state index in [-0.39, 0.29) is 6.61 Å². The zero-order valence-electron chi connectivity index (χ0n) is 10.4. The molecule has 0 amide bonds. The quantitative estimate of drug-likeness (QED) is 0.803. The first kappa shape index (κ1) is 12.8. The number of hydrogen-bond acceptors (Lipinski definition) is 4. The summed E-state index contributed by atoms with van der Waals surface area (Å²) in [5.41, 5.74) is 2.82. The van der Waals surface area contributed by atoms with Crippen molar-refractivity contribution in [3.05, 3.63) is 59.5 Å². The van der Waals surface area contributed by atoms with E-state index in [1.165, 1.54) is 0 Å². The van der Waals surface area contributed by atoms with Crippen LogP contribution in [0.15, 0.2) is 48.8 Å². The highest BCUT2D eigenvalue weighted by atomic mass is 35.5. The second kappa shape index (κ2) is 5.40. The summed E-state index contributed by atoms with van der Waals surface area (Å²) < 4.78 is 1.65. The van der Waals surface area contributed by atoms with Crippen molar-refractivity contribution >= 4 is 11.6 Å². The molecule has 0 fully saturated rings. The molecule has 0 saturated heterocycles. The molecular formula is C14H11ClN4O. The lowest BCUT2D eigenvalue weighted by Gasteiger charge is -2.07. The van der Waals surface area contributed by atoms with Gasteiger partial charge in [0.1, 0.15) is 11.4 Å². The Balaban J connectivity index is 2.20. The van der Waals surface area contributed by atoms with Crippen LogP contribution in [0.4, 0.5) is 0 Å². The van der Waals surface area contributed by atoms with Crippen molar-refractivity contribution < 1.29 is 5.11 Å². The Morgan fingerprint density at radius 3 is 2.80 bits per heavy atom. The van der Waals surface area contributed by atoms with Crippen LogP contribution in [0, 0.1) is 0 Å². The highest BCUT2D eigenvalue weighted by molar-refractivity contribution is 6.30. The van der Waals surface area contributed by atoms with Crippen LogP contribution in [0.2, 0.25) is 5.02 Å². The van der Waals surface area contributed by atoms with Gasteiger partial charge in [0.05, 0.1) is 12.3 Å². The van der Waals surface area contributed by atoms with E-state index in [9.17, 15) is 5.11 Å². The molecule has 0 unspecified atom stereocenters. The van der Waals surface area contributed by atoms with E-state index in [1.807, 2.05) is 24.3 Å². The Morgan fingerprint density at radius 1 is 1.20 bits per heavy atom. The van der Waals surface area contributed by atoms with Crippen LogP contribution >= 0.6 is 11.6 Å². The molecule has 0 saturated carbocycles. The van der Waals surface area contributed by atoms with E-state index in [0.717, 1.165) is 11.3 Å². The van der Waals surface area contributed by atoms with Crippen molar-refractivity contribution in [2.75, 3.05) is 0 Å². The van der Waals surface area contributed by atoms with Gasteiger partial charge in [0.25, 0.3) is 0 Å². The maximum Gasteiger partial charge on any atom is 0.117 e. The Bertz CT molecular complexity index is 727. The maximum absolute atomic E-state index is 9.43. The molecule has 2 heterocycles. The molecule has 20 heavy (non-hydrogen) atoms.